The lowest BCUT2D eigenvalue weighted by Gasteiger charge is -2.38. The Morgan fingerprint density at radius 2 is 1.89 bits per heavy atom. The Bertz CT molecular complexity index is 896. The number of Topliss-reactive ketones (excluding diaryl/α,β-unsaturated/α-hetero) is 1. The van der Waals surface area contributed by atoms with Crippen LogP contribution in [0.1, 0.15) is 38.2 Å². The molecule has 0 aromatic heterocycles. The summed E-state index contributed by atoms with van der Waals surface area (Å²) in [6.07, 6.45) is 0.886. The van der Waals surface area contributed by atoms with Crippen LogP contribution in [0.15, 0.2) is 41.0 Å². The van der Waals surface area contributed by atoms with Gasteiger partial charge in [-0.3, -0.25) is 4.79 Å². The lowest BCUT2D eigenvalue weighted by atomic mass is 9.70. The molecule has 0 radical (unpaired) electrons. The van der Waals surface area contributed by atoms with Gasteiger partial charge in [0.2, 0.25) is 5.88 Å². The van der Waals surface area contributed by atoms with Crippen molar-refractivity contribution < 1.29 is 28.5 Å². The summed E-state index contributed by atoms with van der Waals surface area (Å²) in [6.45, 7) is 3.99. The quantitative estimate of drug-likeness (QED) is 0.794. The molecule has 150 valence electrons. The highest BCUT2D eigenvalue weighted by molar-refractivity contribution is 6.03. The summed E-state index contributed by atoms with van der Waals surface area (Å²) in [5.41, 5.74) is 7.01. The van der Waals surface area contributed by atoms with Gasteiger partial charge in [0.05, 0.1) is 27.2 Å². The van der Waals surface area contributed by atoms with Gasteiger partial charge in [0.1, 0.15) is 22.8 Å². The number of esters is 1. The number of carbonyl (C=O) groups is 2. The van der Waals surface area contributed by atoms with Crippen LogP contribution in [-0.2, 0) is 19.1 Å². The summed E-state index contributed by atoms with van der Waals surface area (Å²) >= 11 is 0. The summed E-state index contributed by atoms with van der Waals surface area (Å²) in [5.74, 6) is 0.0425. The van der Waals surface area contributed by atoms with Crippen molar-refractivity contribution in [3.63, 3.8) is 0 Å². The molecule has 1 aromatic rings. The molecule has 0 bridgehead atoms. The Morgan fingerprint density at radius 1 is 1.18 bits per heavy atom. The van der Waals surface area contributed by atoms with Gasteiger partial charge in [-0.2, -0.15) is 0 Å². The third kappa shape index (κ3) is 3.32. The van der Waals surface area contributed by atoms with Gasteiger partial charge in [0.25, 0.3) is 0 Å². The second kappa shape index (κ2) is 7.22. The van der Waals surface area contributed by atoms with Crippen molar-refractivity contribution in [1.82, 2.24) is 0 Å². The van der Waals surface area contributed by atoms with E-state index in [0.717, 1.165) is 0 Å². The second-order valence-corrected chi connectivity index (χ2v) is 7.69. The summed E-state index contributed by atoms with van der Waals surface area (Å²) in [4.78, 5) is 25.6. The van der Waals surface area contributed by atoms with Crippen LogP contribution >= 0.6 is 0 Å². The first-order valence-corrected chi connectivity index (χ1v) is 8.96. The van der Waals surface area contributed by atoms with Gasteiger partial charge in [-0.05, 0) is 11.5 Å². The SMILES string of the molecule is COC(=O)C1=C(N)OC2=C(C(=O)CC(C)(C)C2)[C@H]1c1ccc(OC)cc1OC. The van der Waals surface area contributed by atoms with Crippen molar-refractivity contribution in [2.24, 2.45) is 11.1 Å². The zero-order chi connectivity index (χ0) is 20.6. The molecule has 28 heavy (non-hydrogen) atoms. The zero-order valence-corrected chi connectivity index (χ0v) is 16.8. The molecule has 0 unspecified atom stereocenters. The van der Waals surface area contributed by atoms with E-state index in [-0.39, 0.29) is 22.7 Å². The number of rotatable bonds is 4. The molecule has 0 spiro atoms. The monoisotopic (exact) mass is 387 g/mol. The largest absolute Gasteiger partial charge is 0.497 e. The number of nitrogens with two attached hydrogens (primary N) is 1. The predicted octanol–water partition coefficient (Wildman–Crippen LogP) is 2.80. The Labute approximate surface area is 164 Å². The molecule has 0 saturated heterocycles. The van der Waals surface area contributed by atoms with Crippen molar-refractivity contribution in [2.75, 3.05) is 21.3 Å². The lowest BCUT2D eigenvalue weighted by molar-refractivity contribution is -0.136. The minimum Gasteiger partial charge on any atom is -0.497 e. The van der Waals surface area contributed by atoms with Gasteiger partial charge >= 0.3 is 5.97 Å². The molecule has 2 aliphatic rings. The Hall–Kier alpha value is -2.96. The molecule has 7 heteroatoms. The molecule has 1 aliphatic carbocycles. The van der Waals surface area contributed by atoms with E-state index < -0.39 is 11.9 Å². The number of ketones is 1. The first kappa shape index (κ1) is 19.8. The molecule has 1 heterocycles. The Morgan fingerprint density at radius 3 is 2.50 bits per heavy atom. The third-order valence-corrected chi connectivity index (χ3v) is 5.11. The van der Waals surface area contributed by atoms with Gasteiger partial charge in [-0.15, -0.1) is 0 Å². The molecule has 0 saturated carbocycles. The first-order chi connectivity index (χ1) is 13.2. The number of hydrogen-bond acceptors (Lipinski definition) is 7. The van der Waals surface area contributed by atoms with Crippen LogP contribution in [-0.4, -0.2) is 33.1 Å². The minimum absolute atomic E-state index is 0.0565. The van der Waals surface area contributed by atoms with Crippen molar-refractivity contribution in [2.45, 2.75) is 32.6 Å². The predicted molar refractivity (Wildman–Crippen MR) is 102 cm³/mol. The lowest BCUT2D eigenvalue weighted by Crippen LogP contribution is -2.35. The van der Waals surface area contributed by atoms with E-state index in [4.69, 9.17) is 24.7 Å². The van der Waals surface area contributed by atoms with Gasteiger partial charge < -0.3 is 24.7 Å². The van der Waals surface area contributed by atoms with E-state index in [2.05, 4.69) is 0 Å². The maximum absolute atomic E-state index is 13.1. The number of allylic oxidation sites excluding steroid dienone is 2. The molecule has 1 atom stereocenters. The van der Waals surface area contributed by atoms with Crippen LogP contribution in [0, 0.1) is 5.41 Å². The summed E-state index contributed by atoms with van der Waals surface area (Å²) in [5, 5.41) is 0. The highest BCUT2D eigenvalue weighted by Gasteiger charge is 2.45. The fraction of sp³-hybridized carbons (Fsp3) is 0.429. The van der Waals surface area contributed by atoms with Crippen molar-refractivity contribution in [3.05, 3.63) is 46.6 Å². The molecule has 0 amide bonds. The zero-order valence-electron chi connectivity index (χ0n) is 16.8. The van der Waals surface area contributed by atoms with E-state index in [1.807, 2.05) is 13.8 Å². The van der Waals surface area contributed by atoms with E-state index >= 15 is 0 Å². The number of benzene rings is 1. The number of hydrogen-bond donors (Lipinski definition) is 1. The maximum Gasteiger partial charge on any atom is 0.340 e. The number of carbonyl (C=O) groups excluding carboxylic acids is 2. The minimum atomic E-state index is -0.736. The van der Waals surface area contributed by atoms with Crippen LogP contribution in [0.3, 0.4) is 0 Å². The number of methoxy groups -OCH3 is 3. The van der Waals surface area contributed by atoms with Gasteiger partial charge in [0.15, 0.2) is 5.78 Å². The van der Waals surface area contributed by atoms with Crippen LogP contribution in [0.25, 0.3) is 0 Å². The first-order valence-electron chi connectivity index (χ1n) is 8.96. The standard InChI is InChI=1S/C21H25NO6/c1-21(2)9-13(23)17-15(10-21)28-19(22)18(20(24)27-5)16(17)12-7-6-11(25-3)8-14(12)26-4/h6-8,16H,9-10,22H2,1-5H3/t16-/m1/s1. The molecular formula is C21H25NO6. The van der Waals surface area contributed by atoms with E-state index in [1.165, 1.54) is 14.2 Å². The normalized spacial score (nSPS) is 21.0. The molecule has 2 N–H and O–H groups in total. The average molecular weight is 387 g/mol. The van der Waals surface area contributed by atoms with Gasteiger partial charge in [0, 0.05) is 30.0 Å². The topological polar surface area (TPSA) is 97.1 Å². The van der Waals surface area contributed by atoms with Crippen molar-refractivity contribution in [1.29, 1.82) is 0 Å². The van der Waals surface area contributed by atoms with Gasteiger partial charge in [-0.1, -0.05) is 19.9 Å². The Kier molecular flexibility index (Phi) is 5.10. The number of ether oxygens (including phenoxy) is 4. The second-order valence-electron chi connectivity index (χ2n) is 7.69. The van der Waals surface area contributed by atoms with Crippen LogP contribution < -0.4 is 15.2 Å². The highest BCUT2D eigenvalue weighted by Crippen LogP contribution is 2.50. The Balaban J connectivity index is 2.25. The summed E-state index contributed by atoms with van der Waals surface area (Å²) in [6, 6.07) is 5.21. The van der Waals surface area contributed by atoms with E-state index in [9.17, 15) is 9.59 Å². The molecule has 1 aromatic carbocycles. The molecule has 1 aliphatic heterocycles. The average Bonchev–Trinajstić information content (AvgIpc) is 2.64. The van der Waals surface area contributed by atoms with Crippen LogP contribution in [0.4, 0.5) is 0 Å². The molecule has 0 fully saturated rings. The van der Waals surface area contributed by atoms with Crippen molar-refractivity contribution in [3.8, 4) is 11.5 Å². The molecule has 3 rings (SSSR count). The van der Waals surface area contributed by atoms with Crippen LogP contribution in [0.2, 0.25) is 0 Å². The maximum atomic E-state index is 13.1. The third-order valence-electron chi connectivity index (χ3n) is 5.11. The van der Waals surface area contributed by atoms with Crippen molar-refractivity contribution >= 4 is 11.8 Å². The molecular weight excluding hydrogens is 362 g/mol. The molecule has 7 nitrogen and oxygen atoms in total. The summed E-state index contributed by atoms with van der Waals surface area (Å²) < 4.78 is 21.5. The smallest absolute Gasteiger partial charge is 0.340 e. The van der Waals surface area contributed by atoms with Gasteiger partial charge in [-0.25, -0.2) is 4.79 Å². The van der Waals surface area contributed by atoms with Crippen LogP contribution in [0.5, 0.6) is 11.5 Å². The summed E-state index contributed by atoms with van der Waals surface area (Å²) in [7, 11) is 4.33. The fourth-order valence-corrected chi connectivity index (χ4v) is 3.86. The van der Waals surface area contributed by atoms with E-state index in [0.29, 0.717) is 41.2 Å². The fourth-order valence-electron chi connectivity index (χ4n) is 3.86. The van der Waals surface area contributed by atoms with E-state index in [1.54, 1.807) is 25.3 Å². The highest BCUT2D eigenvalue weighted by atomic mass is 16.5.